The van der Waals surface area contributed by atoms with Crippen molar-refractivity contribution in [3.05, 3.63) is 81.4 Å². The number of benzene rings is 2. The summed E-state index contributed by atoms with van der Waals surface area (Å²) in [5, 5.41) is 13.7. The summed E-state index contributed by atoms with van der Waals surface area (Å²) in [7, 11) is 0. The number of fused-ring (bicyclic) bond motifs is 2. The highest BCUT2D eigenvalue weighted by molar-refractivity contribution is 5.80. The number of hydrogen-bond acceptors (Lipinski definition) is 6. The molecule has 4 aromatic rings. The smallest absolute Gasteiger partial charge is 0.253 e. The Morgan fingerprint density at radius 1 is 1.12 bits per heavy atom. The number of aromatic amines is 1. The molecular weight excluding hydrogens is 428 g/mol. The predicted molar refractivity (Wildman–Crippen MR) is 131 cm³/mol. The van der Waals surface area contributed by atoms with Gasteiger partial charge in [-0.1, -0.05) is 24.3 Å². The monoisotopic (exact) mass is 458 g/mol. The van der Waals surface area contributed by atoms with Gasteiger partial charge in [0.25, 0.3) is 5.56 Å². The molecule has 0 spiro atoms. The Morgan fingerprint density at radius 3 is 2.68 bits per heavy atom. The van der Waals surface area contributed by atoms with E-state index in [1.54, 1.807) is 0 Å². The molecule has 3 heterocycles. The maximum atomic E-state index is 13.4. The van der Waals surface area contributed by atoms with Crippen LogP contribution in [0.2, 0.25) is 0 Å². The fourth-order valence-electron chi connectivity index (χ4n) is 4.74. The van der Waals surface area contributed by atoms with E-state index in [1.165, 1.54) is 11.1 Å². The molecule has 0 fully saturated rings. The summed E-state index contributed by atoms with van der Waals surface area (Å²) in [5.41, 5.74) is 3.54. The molecule has 0 aliphatic carbocycles. The van der Waals surface area contributed by atoms with Crippen molar-refractivity contribution >= 4 is 10.9 Å². The molecule has 1 aliphatic rings. The van der Waals surface area contributed by atoms with E-state index in [9.17, 15) is 4.79 Å². The van der Waals surface area contributed by atoms with Crippen LogP contribution in [0.5, 0.6) is 5.75 Å². The van der Waals surface area contributed by atoms with Gasteiger partial charge in [0.1, 0.15) is 11.8 Å². The van der Waals surface area contributed by atoms with Crippen LogP contribution in [0.15, 0.2) is 53.3 Å². The number of aromatic nitrogens is 5. The zero-order valence-corrected chi connectivity index (χ0v) is 20.1. The first-order chi connectivity index (χ1) is 16.3. The highest BCUT2D eigenvalue weighted by atomic mass is 16.5. The molecule has 5 rings (SSSR count). The van der Waals surface area contributed by atoms with Gasteiger partial charge < -0.3 is 9.72 Å². The summed E-state index contributed by atoms with van der Waals surface area (Å²) in [6.45, 7) is 10.2. The molecule has 34 heavy (non-hydrogen) atoms. The molecule has 0 saturated carbocycles. The normalized spacial score (nSPS) is 15.3. The summed E-state index contributed by atoms with van der Waals surface area (Å²) in [6.07, 6.45) is 0.906. The molecule has 0 unspecified atom stereocenters. The van der Waals surface area contributed by atoms with Crippen LogP contribution in [0.1, 0.15) is 56.3 Å². The highest BCUT2D eigenvalue weighted by Gasteiger charge is 2.34. The van der Waals surface area contributed by atoms with Gasteiger partial charge in [0.05, 0.1) is 12.1 Å². The molecule has 8 heteroatoms. The molecule has 1 N–H and O–H groups in total. The summed E-state index contributed by atoms with van der Waals surface area (Å²) < 4.78 is 7.53. The van der Waals surface area contributed by atoms with Crippen LogP contribution in [-0.4, -0.2) is 43.2 Å². The number of nitrogens with zero attached hydrogens (tertiary/aromatic N) is 5. The van der Waals surface area contributed by atoms with E-state index in [0.717, 1.165) is 29.6 Å². The Morgan fingerprint density at radius 2 is 1.91 bits per heavy atom. The topological polar surface area (TPSA) is 88.9 Å². The van der Waals surface area contributed by atoms with E-state index < -0.39 is 6.04 Å². The third kappa shape index (κ3) is 4.09. The van der Waals surface area contributed by atoms with Gasteiger partial charge in [-0.15, -0.1) is 5.10 Å². The second-order valence-corrected chi connectivity index (χ2v) is 9.75. The third-order valence-electron chi connectivity index (χ3n) is 6.35. The lowest BCUT2D eigenvalue weighted by Crippen LogP contribution is -2.40. The van der Waals surface area contributed by atoms with Crippen LogP contribution in [0.4, 0.5) is 0 Å². The molecule has 1 atom stereocenters. The first-order valence-electron chi connectivity index (χ1n) is 11.7. The van der Waals surface area contributed by atoms with Gasteiger partial charge in [0, 0.05) is 29.6 Å². The minimum atomic E-state index is -0.397. The zero-order chi connectivity index (χ0) is 23.9. The van der Waals surface area contributed by atoms with Crippen LogP contribution in [0.25, 0.3) is 10.9 Å². The average Bonchev–Trinajstić information content (AvgIpc) is 3.30. The summed E-state index contributed by atoms with van der Waals surface area (Å²) >= 11 is 0. The molecule has 2 aromatic heterocycles. The van der Waals surface area contributed by atoms with Crippen LogP contribution < -0.4 is 10.3 Å². The van der Waals surface area contributed by atoms with Gasteiger partial charge in [-0.05, 0) is 79.9 Å². The number of rotatable bonds is 5. The first-order valence-corrected chi connectivity index (χ1v) is 11.7. The molecule has 0 radical (unpaired) electrons. The van der Waals surface area contributed by atoms with Crippen molar-refractivity contribution in [2.45, 2.75) is 52.2 Å². The van der Waals surface area contributed by atoms with Crippen molar-refractivity contribution in [2.75, 3.05) is 13.2 Å². The van der Waals surface area contributed by atoms with Crippen molar-refractivity contribution in [3.63, 3.8) is 0 Å². The van der Waals surface area contributed by atoms with Crippen molar-refractivity contribution < 1.29 is 4.74 Å². The van der Waals surface area contributed by atoms with E-state index >= 15 is 0 Å². The SMILES string of the molecule is CCOc1ccc2[nH]c(=O)c([C@H](c3nnnn3C(C)(C)C)N3CCc4ccccc4C3)cc2c1. The van der Waals surface area contributed by atoms with Gasteiger partial charge in [-0.25, -0.2) is 4.68 Å². The van der Waals surface area contributed by atoms with Crippen molar-refractivity contribution in [1.82, 2.24) is 30.1 Å². The van der Waals surface area contributed by atoms with Crippen LogP contribution in [-0.2, 0) is 18.5 Å². The van der Waals surface area contributed by atoms with Crippen molar-refractivity contribution in [1.29, 1.82) is 0 Å². The number of tetrazole rings is 1. The molecule has 1 aliphatic heterocycles. The van der Waals surface area contributed by atoms with E-state index in [4.69, 9.17) is 4.74 Å². The average molecular weight is 459 g/mol. The fraction of sp³-hybridized carbons (Fsp3) is 0.385. The second kappa shape index (κ2) is 8.68. The Balaban J connectivity index is 1.68. The number of ether oxygens (including phenoxy) is 1. The maximum absolute atomic E-state index is 13.4. The number of nitrogens with one attached hydrogen (secondary N) is 1. The maximum Gasteiger partial charge on any atom is 0.253 e. The second-order valence-electron chi connectivity index (χ2n) is 9.75. The van der Waals surface area contributed by atoms with Gasteiger partial charge in [0.15, 0.2) is 5.82 Å². The Kier molecular flexibility index (Phi) is 5.69. The Hall–Kier alpha value is -3.52. The standard InChI is InChI=1S/C26H30N6O2/c1-5-34-20-10-11-22-19(14-20)15-21(25(33)27-22)23(24-28-29-30-32(24)26(2,3)4)31-13-12-17-8-6-7-9-18(17)16-31/h6-11,14-15,23H,5,12-13,16H2,1-4H3,(H,27,33)/t23-/m1/s1. The molecule has 0 amide bonds. The van der Waals surface area contributed by atoms with Gasteiger partial charge in [-0.2, -0.15) is 0 Å². The lowest BCUT2D eigenvalue weighted by Gasteiger charge is -2.36. The highest BCUT2D eigenvalue weighted by Crippen LogP contribution is 2.33. The number of hydrogen-bond donors (Lipinski definition) is 1. The summed E-state index contributed by atoms with van der Waals surface area (Å²) in [5.74, 6) is 1.44. The Bertz CT molecular complexity index is 1380. The molecule has 2 aromatic carbocycles. The minimum Gasteiger partial charge on any atom is -0.494 e. The third-order valence-corrected chi connectivity index (χ3v) is 6.35. The number of pyridine rings is 1. The zero-order valence-electron chi connectivity index (χ0n) is 20.1. The lowest BCUT2D eigenvalue weighted by molar-refractivity contribution is 0.185. The summed E-state index contributed by atoms with van der Waals surface area (Å²) in [4.78, 5) is 18.8. The van der Waals surface area contributed by atoms with Crippen LogP contribution in [0, 0.1) is 0 Å². The minimum absolute atomic E-state index is 0.135. The van der Waals surface area contributed by atoms with E-state index in [1.807, 2.05) is 35.9 Å². The van der Waals surface area contributed by atoms with E-state index in [-0.39, 0.29) is 11.1 Å². The van der Waals surface area contributed by atoms with Crippen LogP contribution in [0.3, 0.4) is 0 Å². The predicted octanol–water partition coefficient (Wildman–Crippen LogP) is 3.82. The molecule has 176 valence electrons. The fourth-order valence-corrected chi connectivity index (χ4v) is 4.74. The van der Waals surface area contributed by atoms with Crippen LogP contribution >= 0.6 is 0 Å². The first kappa shape index (κ1) is 22.3. The van der Waals surface area contributed by atoms with E-state index in [0.29, 0.717) is 24.5 Å². The molecule has 0 bridgehead atoms. The largest absolute Gasteiger partial charge is 0.494 e. The molecule has 8 nitrogen and oxygen atoms in total. The molecular formula is C26H30N6O2. The van der Waals surface area contributed by atoms with Crippen molar-refractivity contribution in [3.8, 4) is 5.75 Å². The van der Waals surface area contributed by atoms with Gasteiger partial charge >= 0.3 is 0 Å². The van der Waals surface area contributed by atoms with Crippen molar-refractivity contribution in [2.24, 2.45) is 0 Å². The van der Waals surface area contributed by atoms with Gasteiger partial charge in [-0.3, -0.25) is 9.69 Å². The van der Waals surface area contributed by atoms with Gasteiger partial charge in [0.2, 0.25) is 0 Å². The quantitative estimate of drug-likeness (QED) is 0.489. The number of H-pyrrole nitrogens is 1. The lowest BCUT2D eigenvalue weighted by atomic mass is 9.95. The van der Waals surface area contributed by atoms with E-state index in [2.05, 4.69) is 70.4 Å². The Labute approximate surface area is 198 Å². The summed E-state index contributed by atoms with van der Waals surface area (Å²) in [6, 6.07) is 15.8. The molecule has 0 saturated heterocycles.